The van der Waals surface area contributed by atoms with Crippen LogP contribution >= 0.6 is 11.8 Å². The predicted molar refractivity (Wildman–Crippen MR) is 172 cm³/mol. The Balaban J connectivity index is 1.10. The molecule has 0 aliphatic heterocycles. The van der Waals surface area contributed by atoms with Gasteiger partial charge in [-0.25, -0.2) is 14.8 Å². The van der Waals surface area contributed by atoms with Crippen molar-refractivity contribution in [2.45, 2.75) is 11.8 Å². The first kappa shape index (κ1) is 34.3. The number of primary amides is 1. The molecule has 0 aliphatic rings. The minimum Gasteiger partial charge on any atom is -0.497 e. The summed E-state index contributed by atoms with van der Waals surface area (Å²) in [5.41, 5.74) is 7.78. The van der Waals surface area contributed by atoms with Gasteiger partial charge in [0.05, 0.1) is 46.8 Å². The molecule has 4 aromatic rings. The lowest BCUT2D eigenvalue weighted by Gasteiger charge is -2.15. The van der Waals surface area contributed by atoms with Crippen molar-refractivity contribution >= 4 is 40.9 Å². The molecule has 0 aliphatic carbocycles. The Bertz CT molecular complexity index is 1560. The number of amides is 2. The Hall–Kier alpha value is -4.57. The summed E-state index contributed by atoms with van der Waals surface area (Å²) in [7, 11) is 1.55. The second-order valence-electron chi connectivity index (χ2n) is 9.50. The molecule has 0 fully saturated rings. The number of nitrogens with one attached hydrogen (secondary N) is 2. The van der Waals surface area contributed by atoms with E-state index in [2.05, 4.69) is 20.6 Å². The first-order valence-electron chi connectivity index (χ1n) is 14.5. The highest BCUT2D eigenvalue weighted by molar-refractivity contribution is 7.98. The number of carbonyl (C=O) groups is 2. The van der Waals surface area contributed by atoms with Crippen LogP contribution in [0.2, 0.25) is 0 Å². The van der Waals surface area contributed by atoms with Crippen LogP contribution in [-0.4, -0.2) is 92.5 Å². The zero-order valence-electron chi connectivity index (χ0n) is 25.7. The zero-order valence-corrected chi connectivity index (χ0v) is 26.5. The van der Waals surface area contributed by atoms with Crippen LogP contribution in [-0.2, 0) is 25.6 Å². The number of ether oxygens (including phenoxy) is 6. The smallest absolute Gasteiger partial charge is 0.407 e. The van der Waals surface area contributed by atoms with E-state index in [1.165, 1.54) is 11.8 Å². The van der Waals surface area contributed by atoms with E-state index in [1.54, 1.807) is 42.1 Å². The van der Waals surface area contributed by atoms with Gasteiger partial charge >= 0.3 is 6.09 Å². The van der Waals surface area contributed by atoms with Gasteiger partial charge in [0.25, 0.3) is 5.91 Å². The molecule has 46 heavy (non-hydrogen) atoms. The molecule has 0 unspecified atom stereocenters. The van der Waals surface area contributed by atoms with Crippen LogP contribution in [0, 0.1) is 0 Å². The maximum absolute atomic E-state index is 12.3. The van der Waals surface area contributed by atoms with Crippen LogP contribution < -0.4 is 25.8 Å². The summed E-state index contributed by atoms with van der Waals surface area (Å²) in [6.07, 6.45) is 4.70. The van der Waals surface area contributed by atoms with Crippen LogP contribution in [0.5, 0.6) is 11.5 Å². The maximum atomic E-state index is 12.3. The van der Waals surface area contributed by atoms with Crippen LogP contribution in [0.1, 0.15) is 15.9 Å². The number of nitrogens with two attached hydrogens (primary N) is 1. The average Bonchev–Trinajstić information content (AvgIpc) is 3.55. The Morgan fingerprint density at radius 1 is 0.935 bits per heavy atom. The third-order valence-electron chi connectivity index (χ3n) is 6.29. The quantitative estimate of drug-likeness (QED) is 0.0719. The molecule has 2 aromatic heterocycles. The summed E-state index contributed by atoms with van der Waals surface area (Å²) < 4.78 is 34.7. The lowest BCUT2D eigenvalue weighted by Crippen LogP contribution is -2.28. The molecule has 0 atom stereocenters. The Kier molecular flexibility index (Phi) is 13.7. The van der Waals surface area contributed by atoms with E-state index < -0.39 is 12.0 Å². The number of rotatable bonds is 20. The van der Waals surface area contributed by atoms with Gasteiger partial charge in [-0.1, -0.05) is 42.1 Å². The topological polar surface area (TPSA) is 170 Å². The molecule has 0 radical (unpaired) electrons. The molecule has 14 nitrogen and oxygen atoms in total. The van der Waals surface area contributed by atoms with Gasteiger partial charge in [-0.15, -0.1) is 0 Å². The predicted octanol–water partition coefficient (Wildman–Crippen LogP) is 3.66. The van der Waals surface area contributed by atoms with Crippen molar-refractivity contribution in [2.75, 3.05) is 71.5 Å². The number of hydrogen-bond acceptors (Lipinski definition) is 12. The maximum Gasteiger partial charge on any atom is 0.407 e. The first-order chi connectivity index (χ1) is 22.5. The van der Waals surface area contributed by atoms with Crippen molar-refractivity contribution in [2.24, 2.45) is 5.73 Å². The van der Waals surface area contributed by atoms with Gasteiger partial charge in [-0.3, -0.25) is 9.20 Å². The third kappa shape index (κ3) is 10.5. The monoisotopic (exact) mass is 654 g/mol. The van der Waals surface area contributed by atoms with E-state index in [0.29, 0.717) is 74.2 Å². The van der Waals surface area contributed by atoms with Crippen LogP contribution in [0.25, 0.3) is 5.65 Å². The first-order valence-corrected chi connectivity index (χ1v) is 15.7. The number of carbonyl (C=O) groups excluding carboxylic acids is 2. The number of methoxy groups -OCH3 is 1. The number of imidazole rings is 1. The van der Waals surface area contributed by atoms with Crippen molar-refractivity contribution < 1.29 is 38.0 Å². The number of thioether (sulfide) groups is 1. The molecule has 0 bridgehead atoms. The van der Waals surface area contributed by atoms with E-state index in [9.17, 15) is 9.59 Å². The average molecular weight is 655 g/mol. The highest BCUT2D eigenvalue weighted by Gasteiger charge is 2.20. The van der Waals surface area contributed by atoms with Gasteiger partial charge in [-0.05, 0) is 11.8 Å². The second kappa shape index (κ2) is 18.4. The summed E-state index contributed by atoms with van der Waals surface area (Å²) in [6.45, 7) is 3.11. The third-order valence-corrected chi connectivity index (χ3v) is 6.94. The number of aromatic nitrogens is 3. The summed E-state index contributed by atoms with van der Waals surface area (Å²) >= 11 is 1.41. The fourth-order valence-electron chi connectivity index (χ4n) is 4.16. The van der Waals surface area contributed by atoms with Gasteiger partial charge in [-0.2, -0.15) is 0 Å². The van der Waals surface area contributed by atoms with E-state index in [4.69, 9.17) is 34.2 Å². The molecule has 0 saturated heterocycles. The Morgan fingerprint density at radius 2 is 1.63 bits per heavy atom. The van der Waals surface area contributed by atoms with Gasteiger partial charge in [0.2, 0.25) is 0 Å². The molecular weight excluding hydrogens is 616 g/mol. The zero-order chi connectivity index (χ0) is 32.6. The van der Waals surface area contributed by atoms with E-state index in [-0.39, 0.29) is 24.6 Å². The SMILES string of the molecule is COc1cc(Nc2nc(SC)n3ccnc3c2C(N)=O)cc(OCCOCCOCCOCCNC(=O)OCc2ccccc2)c1. The van der Waals surface area contributed by atoms with Gasteiger partial charge < -0.3 is 44.8 Å². The standard InChI is InChI=1S/C31H38N6O8S/c1-40-24-18-23(35-28-26(27(32)38)29-33-8-10-37(29)30(36-28)46-2)19-25(20-24)44-17-16-43-15-14-42-13-12-41-11-9-34-31(39)45-21-22-6-4-3-5-7-22/h3-8,10,18-20,35H,9,11-17,21H2,1-2H3,(H2,32,38)(H,34,39). The van der Waals surface area contributed by atoms with Gasteiger partial charge in [0.15, 0.2) is 10.8 Å². The molecule has 4 N–H and O–H groups in total. The van der Waals surface area contributed by atoms with Crippen molar-refractivity contribution in [3.8, 4) is 11.5 Å². The van der Waals surface area contributed by atoms with Crippen LogP contribution in [0.4, 0.5) is 16.3 Å². The van der Waals surface area contributed by atoms with Crippen LogP contribution in [0.3, 0.4) is 0 Å². The van der Waals surface area contributed by atoms with E-state index in [0.717, 1.165) is 5.56 Å². The van der Waals surface area contributed by atoms with Crippen molar-refractivity contribution in [3.63, 3.8) is 0 Å². The Morgan fingerprint density at radius 3 is 2.33 bits per heavy atom. The lowest BCUT2D eigenvalue weighted by molar-refractivity contribution is 0.00977. The molecule has 2 heterocycles. The number of fused-ring (bicyclic) bond motifs is 1. The number of alkyl carbamates (subject to hydrolysis) is 1. The van der Waals surface area contributed by atoms with E-state index >= 15 is 0 Å². The Labute approximate surface area is 270 Å². The van der Waals surface area contributed by atoms with Crippen molar-refractivity contribution in [1.29, 1.82) is 0 Å². The molecular formula is C31H38N6O8S. The minimum absolute atomic E-state index is 0.170. The molecule has 4 rings (SSSR count). The molecule has 2 amide bonds. The minimum atomic E-state index is -0.655. The normalized spacial score (nSPS) is 10.9. The largest absolute Gasteiger partial charge is 0.497 e. The number of nitrogens with zero attached hydrogens (tertiary/aromatic N) is 3. The summed E-state index contributed by atoms with van der Waals surface area (Å²) in [5, 5.41) is 6.44. The van der Waals surface area contributed by atoms with Crippen molar-refractivity contribution in [1.82, 2.24) is 19.7 Å². The van der Waals surface area contributed by atoms with Crippen molar-refractivity contribution in [3.05, 3.63) is 72.1 Å². The highest BCUT2D eigenvalue weighted by Crippen LogP contribution is 2.31. The highest BCUT2D eigenvalue weighted by atomic mass is 32.2. The number of hydrogen-bond donors (Lipinski definition) is 3. The van der Waals surface area contributed by atoms with Gasteiger partial charge in [0.1, 0.15) is 36.1 Å². The second-order valence-corrected chi connectivity index (χ2v) is 10.3. The summed E-state index contributed by atoms with van der Waals surface area (Å²) in [4.78, 5) is 32.9. The number of anilines is 2. The molecule has 0 spiro atoms. The molecule has 246 valence electrons. The lowest BCUT2D eigenvalue weighted by atomic mass is 10.2. The van der Waals surface area contributed by atoms with Gasteiger partial charge in [0, 0.05) is 42.8 Å². The molecule has 15 heteroatoms. The summed E-state index contributed by atoms with van der Waals surface area (Å²) in [6, 6.07) is 14.7. The molecule has 2 aromatic carbocycles. The van der Waals surface area contributed by atoms with E-state index in [1.807, 2.05) is 36.6 Å². The fourth-order valence-corrected chi connectivity index (χ4v) is 4.68. The van der Waals surface area contributed by atoms with Crippen LogP contribution in [0.15, 0.2) is 66.1 Å². The molecule has 0 saturated carbocycles. The summed E-state index contributed by atoms with van der Waals surface area (Å²) in [5.74, 6) is 0.700. The fraction of sp³-hybridized carbons (Fsp3) is 0.355. The number of benzene rings is 2.